The van der Waals surface area contributed by atoms with E-state index in [1.165, 1.54) is 12.1 Å². The van der Waals surface area contributed by atoms with Gasteiger partial charge in [0, 0.05) is 10.0 Å². The Morgan fingerprint density at radius 3 is 2.57 bits per heavy atom. The number of carbonyl (C=O) groups is 1. The molecule has 0 aliphatic carbocycles. The Balaban J connectivity index is 2.84. The van der Waals surface area contributed by atoms with Gasteiger partial charge in [0.25, 0.3) is 0 Å². The number of benzene rings is 1. The monoisotopic (exact) mass is 272 g/mol. The van der Waals surface area contributed by atoms with Crippen molar-refractivity contribution in [3.8, 4) is 0 Å². The molecule has 0 unspecified atom stereocenters. The molecule has 14 heavy (non-hydrogen) atoms. The maximum atomic E-state index is 11.6. The average Bonchev–Trinajstić information content (AvgIpc) is 2.40. The van der Waals surface area contributed by atoms with Crippen LogP contribution in [0.15, 0.2) is 32.5 Å². The highest BCUT2D eigenvalue weighted by atomic mass is 79.9. The van der Waals surface area contributed by atoms with E-state index in [0.29, 0.717) is 16.3 Å². The van der Waals surface area contributed by atoms with Crippen molar-refractivity contribution < 1.29 is 13.2 Å². The molecule has 1 aliphatic rings. The highest BCUT2D eigenvalue weighted by Gasteiger charge is 2.30. The molecular weight excluding hydrogens is 268 g/mol. The van der Waals surface area contributed by atoms with Crippen molar-refractivity contribution in [2.45, 2.75) is 4.90 Å². The first-order valence-corrected chi connectivity index (χ1v) is 6.05. The molecule has 0 amide bonds. The Hall–Kier alpha value is -0.940. The Morgan fingerprint density at radius 2 is 2.00 bits per heavy atom. The number of fused-ring (bicyclic) bond motifs is 1. The van der Waals surface area contributed by atoms with Crippen LogP contribution in [0.4, 0.5) is 0 Å². The molecule has 1 aliphatic heterocycles. The predicted octanol–water partition coefficient (Wildman–Crippen LogP) is 1.78. The van der Waals surface area contributed by atoms with Gasteiger partial charge in [-0.05, 0) is 18.2 Å². The topological polar surface area (TPSA) is 51.2 Å². The molecule has 72 valence electrons. The van der Waals surface area contributed by atoms with Crippen molar-refractivity contribution in [3.63, 3.8) is 0 Å². The molecule has 0 N–H and O–H groups in total. The highest BCUT2D eigenvalue weighted by molar-refractivity contribution is 9.10. The molecule has 0 aromatic heterocycles. The van der Waals surface area contributed by atoms with Crippen LogP contribution < -0.4 is 0 Å². The van der Waals surface area contributed by atoms with Crippen LogP contribution in [-0.2, 0) is 14.6 Å². The zero-order chi connectivity index (χ0) is 10.3. The third-order valence-corrected chi connectivity index (χ3v) is 4.48. The fourth-order valence-electron chi connectivity index (χ4n) is 1.34. The van der Waals surface area contributed by atoms with Gasteiger partial charge in [-0.1, -0.05) is 22.0 Å². The average molecular weight is 273 g/mol. The summed E-state index contributed by atoms with van der Waals surface area (Å²) in [6, 6.07) is 4.85. The van der Waals surface area contributed by atoms with E-state index in [2.05, 4.69) is 15.9 Å². The van der Waals surface area contributed by atoms with Crippen LogP contribution in [0, 0.1) is 0 Å². The maximum absolute atomic E-state index is 11.6. The van der Waals surface area contributed by atoms with E-state index in [1.807, 2.05) is 0 Å². The summed E-state index contributed by atoms with van der Waals surface area (Å²) in [6.07, 6.45) is 1.74. The molecule has 0 spiro atoms. The number of carbonyl (C=O) groups excluding carboxylic acids is 1. The van der Waals surface area contributed by atoms with Crippen LogP contribution in [0.1, 0.15) is 5.56 Å². The first kappa shape index (κ1) is 9.61. The molecular formula is C9H5BrO3S. The normalized spacial score (nSPS) is 17.4. The minimum Gasteiger partial charge on any atom is -0.297 e. The van der Waals surface area contributed by atoms with Gasteiger partial charge in [0.05, 0.1) is 4.90 Å². The van der Waals surface area contributed by atoms with Crippen LogP contribution in [0.25, 0.3) is 6.08 Å². The summed E-state index contributed by atoms with van der Waals surface area (Å²) in [5.41, 5.74) is 0.551. The standard InChI is InChI=1S/C9H5BrO3S/c10-8-2-1-3-9-7(8)4-6(5-11)14(9,12)13/h1-5H. The largest absolute Gasteiger partial charge is 0.297 e. The lowest BCUT2D eigenvalue weighted by molar-refractivity contribution is -0.104. The van der Waals surface area contributed by atoms with Crippen LogP contribution in [0.5, 0.6) is 0 Å². The summed E-state index contributed by atoms with van der Waals surface area (Å²) >= 11 is 3.23. The summed E-state index contributed by atoms with van der Waals surface area (Å²) in [6.45, 7) is 0. The van der Waals surface area contributed by atoms with Crippen molar-refractivity contribution >= 4 is 38.1 Å². The summed E-state index contributed by atoms with van der Waals surface area (Å²) < 4.78 is 24.0. The van der Waals surface area contributed by atoms with E-state index in [-0.39, 0.29) is 9.80 Å². The first-order valence-electron chi connectivity index (χ1n) is 3.78. The number of aldehydes is 1. The van der Waals surface area contributed by atoms with Gasteiger partial charge in [0.1, 0.15) is 4.91 Å². The maximum Gasteiger partial charge on any atom is 0.210 e. The van der Waals surface area contributed by atoms with E-state index >= 15 is 0 Å². The van der Waals surface area contributed by atoms with Crippen molar-refractivity contribution in [1.82, 2.24) is 0 Å². The Bertz CT molecular complexity index is 543. The van der Waals surface area contributed by atoms with E-state index in [9.17, 15) is 13.2 Å². The van der Waals surface area contributed by atoms with Gasteiger partial charge in [0.15, 0.2) is 6.29 Å². The van der Waals surface area contributed by atoms with E-state index in [1.54, 1.807) is 12.1 Å². The molecule has 1 aromatic rings. The third-order valence-electron chi connectivity index (χ3n) is 2.02. The zero-order valence-electron chi connectivity index (χ0n) is 6.90. The number of hydrogen-bond donors (Lipinski definition) is 0. The molecule has 1 aromatic carbocycles. The Labute approximate surface area is 89.5 Å². The van der Waals surface area contributed by atoms with Gasteiger partial charge >= 0.3 is 0 Å². The Kier molecular flexibility index (Phi) is 2.08. The molecule has 3 nitrogen and oxygen atoms in total. The van der Waals surface area contributed by atoms with Crippen molar-refractivity contribution in [2.24, 2.45) is 0 Å². The van der Waals surface area contributed by atoms with Gasteiger partial charge in [-0.25, -0.2) is 8.42 Å². The molecule has 0 radical (unpaired) electrons. The van der Waals surface area contributed by atoms with Crippen LogP contribution in [0.2, 0.25) is 0 Å². The highest BCUT2D eigenvalue weighted by Crippen LogP contribution is 2.35. The predicted molar refractivity (Wildman–Crippen MR) is 55.4 cm³/mol. The van der Waals surface area contributed by atoms with Gasteiger partial charge in [0.2, 0.25) is 9.84 Å². The second kappa shape index (κ2) is 3.03. The lowest BCUT2D eigenvalue weighted by Crippen LogP contribution is -2.00. The lowest BCUT2D eigenvalue weighted by Gasteiger charge is -1.99. The second-order valence-corrected chi connectivity index (χ2v) is 5.59. The minimum absolute atomic E-state index is 0.181. The molecule has 0 atom stereocenters. The molecule has 5 heteroatoms. The summed E-state index contributed by atoms with van der Waals surface area (Å²) in [4.78, 5) is 10.5. The molecule has 2 rings (SSSR count). The summed E-state index contributed by atoms with van der Waals surface area (Å²) in [5, 5.41) is 0. The number of rotatable bonds is 1. The number of sulfone groups is 1. The van der Waals surface area contributed by atoms with Crippen molar-refractivity contribution in [3.05, 3.63) is 33.1 Å². The van der Waals surface area contributed by atoms with E-state index in [4.69, 9.17) is 0 Å². The van der Waals surface area contributed by atoms with Crippen LogP contribution >= 0.6 is 15.9 Å². The van der Waals surface area contributed by atoms with Crippen molar-refractivity contribution in [2.75, 3.05) is 0 Å². The Morgan fingerprint density at radius 1 is 1.29 bits per heavy atom. The fraction of sp³-hybridized carbons (Fsp3) is 0. The zero-order valence-corrected chi connectivity index (χ0v) is 9.30. The second-order valence-electron chi connectivity index (χ2n) is 2.82. The molecule has 0 saturated carbocycles. The first-order chi connectivity index (χ1) is 6.57. The van der Waals surface area contributed by atoms with E-state index in [0.717, 1.165) is 0 Å². The smallest absolute Gasteiger partial charge is 0.210 e. The van der Waals surface area contributed by atoms with E-state index < -0.39 is 9.84 Å². The third kappa shape index (κ3) is 1.16. The van der Waals surface area contributed by atoms with Gasteiger partial charge in [-0.3, -0.25) is 4.79 Å². The quantitative estimate of drug-likeness (QED) is 0.733. The summed E-state index contributed by atoms with van der Waals surface area (Å²) in [7, 11) is -3.56. The number of hydrogen-bond acceptors (Lipinski definition) is 3. The van der Waals surface area contributed by atoms with Crippen molar-refractivity contribution in [1.29, 1.82) is 0 Å². The van der Waals surface area contributed by atoms with Gasteiger partial charge < -0.3 is 0 Å². The van der Waals surface area contributed by atoms with Gasteiger partial charge in [-0.2, -0.15) is 0 Å². The van der Waals surface area contributed by atoms with Gasteiger partial charge in [-0.15, -0.1) is 0 Å². The molecule has 1 heterocycles. The molecule has 0 saturated heterocycles. The number of halogens is 1. The fourth-order valence-corrected chi connectivity index (χ4v) is 3.32. The van der Waals surface area contributed by atoms with Crippen LogP contribution in [-0.4, -0.2) is 14.7 Å². The lowest BCUT2D eigenvalue weighted by atomic mass is 10.2. The SMILES string of the molecule is O=CC1=Cc2c(Br)cccc2S1(=O)=O. The molecule has 0 bridgehead atoms. The summed E-state index contributed by atoms with van der Waals surface area (Å²) in [5.74, 6) is 0. The number of allylic oxidation sites excluding steroid dienone is 1. The minimum atomic E-state index is -3.56. The van der Waals surface area contributed by atoms with Crippen LogP contribution in [0.3, 0.4) is 0 Å². The molecule has 0 fully saturated rings.